The van der Waals surface area contributed by atoms with Gasteiger partial charge < -0.3 is 0 Å². The lowest BCUT2D eigenvalue weighted by Crippen LogP contribution is -2.14. The first-order chi connectivity index (χ1) is 31.0. The van der Waals surface area contributed by atoms with Crippen molar-refractivity contribution in [1.82, 2.24) is 15.0 Å². The molecule has 0 aliphatic heterocycles. The Morgan fingerprint density at radius 1 is 0.270 bits per heavy atom. The van der Waals surface area contributed by atoms with E-state index in [1.807, 2.05) is 0 Å². The summed E-state index contributed by atoms with van der Waals surface area (Å²) in [6, 6.07) is 76.1. The molecule has 1 aliphatic rings. The van der Waals surface area contributed by atoms with E-state index in [4.69, 9.17) is 15.0 Å². The van der Waals surface area contributed by atoms with Gasteiger partial charge in [-0.3, -0.25) is 0 Å². The maximum absolute atomic E-state index is 5.56. The van der Waals surface area contributed by atoms with Crippen LogP contribution in [0, 0.1) is 0 Å². The van der Waals surface area contributed by atoms with Gasteiger partial charge in [-0.25, -0.2) is 15.0 Å². The molecule has 1 aromatic heterocycles. The summed E-state index contributed by atoms with van der Waals surface area (Å²) in [6.45, 7) is 4.64. The zero-order valence-corrected chi connectivity index (χ0v) is 35.0. The van der Waals surface area contributed by atoms with Gasteiger partial charge >= 0.3 is 0 Å². The second-order valence-electron chi connectivity index (χ2n) is 17.0. The highest BCUT2D eigenvalue weighted by molar-refractivity contribution is 6.25. The molecule has 12 rings (SSSR count). The zero-order valence-electron chi connectivity index (χ0n) is 35.0. The summed E-state index contributed by atoms with van der Waals surface area (Å²) in [7, 11) is 0. The molecule has 0 atom stereocenters. The van der Waals surface area contributed by atoms with Gasteiger partial charge in [0, 0.05) is 27.5 Å². The molecule has 3 nitrogen and oxygen atoms in total. The third-order valence-corrected chi connectivity index (χ3v) is 13.1. The quantitative estimate of drug-likeness (QED) is 0.157. The van der Waals surface area contributed by atoms with Gasteiger partial charge in [0.15, 0.2) is 17.5 Å². The Bertz CT molecular complexity index is 3570. The molecule has 1 aliphatic carbocycles. The van der Waals surface area contributed by atoms with Crippen LogP contribution in [-0.2, 0) is 5.41 Å². The van der Waals surface area contributed by atoms with Gasteiger partial charge in [-0.2, -0.15) is 0 Å². The number of rotatable bonds is 6. The molecular formula is C60H41N3. The monoisotopic (exact) mass is 803 g/mol. The van der Waals surface area contributed by atoms with Gasteiger partial charge in [0.05, 0.1) is 0 Å². The molecule has 0 bridgehead atoms. The van der Waals surface area contributed by atoms with E-state index >= 15 is 0 Å². The van der Waals surface area contributed by atoms with Crippen molar-refractivity contribution in [2.75, 3.05) is 0 Å². The van der Waals surface area contributed by atoms with Crippen LogP contribution in [0.5, 0.6) is 0 Å². The molecule has 0 fully saturated rings. The van der Waals surface area contributed by atoms with Crippen molar-refractivity contribution in [3.05, 3.63) is 223 Å². The van der Waals surface area contributed by atoms with Gasteiger partial charge in [-0.05, 0) is 88.6 Å². The molecule has 10 aromatic carbocycles. The van der Waals surface area contributed by atoms with E-state index in [-0.39, 0.29) is 5.41 Å². The molecule has 0 spiro atoms. The third kappa shape index (κ3) is 5.85. The number of hydrogen-bond donors (Lipinski definition) is 0. The Labute approximate surface area is 367 Å². The Hall–Kier alpha value is -8.01. The topological polar surface area (TPSA) is 38.7 Å². The van der Waals surface area contributed by atoms with Crippen LogP contribution >= 0.6 is 0 Å². The average molecular weight is 804 g/mol. The fraction of sp³-hybridized carbons (Fsp3) is 0.0500. The molecule has 63 heavy (non-hydrogen) atoms. The van der Waals surface area contributed by atoms with Crippen molar-refractivity contribution in [2.45, 2.75) is 19.3 Å². The number of hydrogen-bond acceptors (Lipinski definition) is 3. The van der Waals surface area contributed by atoms with Crippen molar-refractivity contribution in [1.29, 1.82) is 0 Å². The first-order valence-electron chi connectivity index (χ1n) is 21.7. The molecule has 1 heterocycles. The second-order valence-corrected chi connectivity index (χ2v) is 17.0. The SMILES string of the molecule is CC1(C)c2ccccc2-c2c(-c3nc(-c4ccc(-c5ccccc5)c5ccccc45)nc(-c4cccc5c(-c6ccccc6)c(-c6ccccc6)c6ccccc6c45)n3)cccc21. The van der Waals surface area contributed by atoms with E-state index in [1.165, 1.54) is 55.5 Å². The molecule has 296 valence electrons. The lowest BCUT2D eigenvalue weighted by atomic mass is 9.82. The van der Waals surface area contributed by atoms with Gasteiger partial charge in [0.2, 0.25) is 0 Å². The largest absolute Gasteiger partial charge is 0.208 e. The van der Waals surface area contributed by atoms with Crippen molar-refractivity contribution in [2.24, 2.45) is 0 Å². The smallest absolute Gasteiger partial charge is 0.164 e. The molecule has 0 radical (unpaired) electrons. The van der Waals surface area contributed by atoms with Crippen molar-refractivity contribution in [3.8, 4) is 78.7 Å². The predicted octanol–water partition coefficient (Wildman–Crippen LogP) is 15.6. The Balaban J connectivity index is 1.19. The Kier molecular flexibility index (Phi) is 8.52. The zero-order chi connectivity index (χ0) is 42.1. The number of nitrogens with zero attached hydrogens (tertiary/aromatic N) is 3. The van der Waals surface area contributed by atoms with Crippen LogP contribution in [-0.4, -0.2) is 15.0 Å². The van der Waals surface area contributed by atoms with Gasteiger partial charge in [0.25, 0.3) is 0 Å². The first-order valence-corrected chi connectivity index (χ1v) is 21.7. The minimum Gasteiger partial charge on any atom is -0.208 e. The van der Waals surface area contributed by atoms with Crippen LogP contribution in [0.25, 0.3) is 111 Å². The van der Waals surface area contributed by atoms with E-state index in [2.05, 4.69) is 226 Å². The van der Waals surface area contributed by atoms with Gasteiger partial charge in [-0.1, -0.05) is 220 Å². The summed E-state index contributed by atoms with van der Waals surface area (Å²) in [6.07, 6.45) is 0. The van der Waals surface area contributed by atoms with Crippen molar-refractivity contribution in [3.63, 3.8) is 0 Å². The molecular weight excluding hydrogens is 763 g/mol. The normalized spacial score (nSPS) is 12.7. The van der Waals surface area contributed by atoms with Crippen LogP contribution in [0.4, 0.5) is 0 Å². The van der Waals surface area contributed by atoms with E-state index < -0.39 is 0 Å². The fourth-order valence-electron chi connectivity index (χ4n) is 10.3. The molecule has 0 saturated carbocycles. The highest BCUT2D eigenvalue weighted by Gasteiger charge is 2.37. The van der Waals surface area contributed by atoms with Gasteiger partial charge in [0.1, 0.15) is 0 Å². The minimum absolute atomic E-state index is 0.178. The standard InChI is InChI=1S/C60H41N3/c1-60(2)51-34-17-16-30-47(51)56-50(33-19-35-52(56)60)59-62-57(46-37-36-41(38-20-6-3-7-21-38)42-26-12-13-27-43(42)46)61-58(63-59)49-32-18-31-48-54(40-24-10-5-11-25-40)53(39-22-8-4-9-23-39)44-28-14-15-29-45(44)55(48)49/h3-37H,1-2H3. The molecule has 0 saturated heterocycles. The average Bonchev–Trinajstić information content (AvgIpc) is 3.59. The lowest BCUT2D eigenvalue weighted by Gasteiger charge is -2.21. The van der Waals surface area contributed by atoms with E-state index in [1.54, 1.807) is 0 Å². The number of aromatic nitrogens is 3. The lowest BCUT2D eigenvalue weighted by molar-refractivity contribution is 0.660. The summed E-state index contributed by atoms with van der Waals surface area (Å²) >= 11 is 0. The Morgan fingerprint density at radius 3 is 1.38 bits per heavy atom. The molecule has 11 aromatic rings. The summed E-state index contributed by atoms with van der Waals surface area (Å²) in [4.78, 5) is 16.6. The van der Waals surface area contributed by atoms with Crippen LogP contribution in [0.3, 0.4) is 0 Å². The maximum Gasteiger partial charge on any atom is 0.164 e. The van der Waals surface area contributed by atoms with Crippen LogP contribution in [0.2, 0.25) is 0 Å². The molecule has 0 unspecified atom stereocenters. The van der Waals surface area contributed by atoms with Crippen molar-refractivity contribution < 1.29 is 0 Å². The van der Waals surface area contributed by atoms with Crippen LogP contribution in [0.15, 0.2) is 212 Å². The van der Waals surface area contributed by atoms with Crippen molar-refractivity contribution >= 4 is 32.3 Å². The third-order valence-electron chi connectivity index (χ3n) is 13.1. The summed E-state index contributed by atoms with van der Waals surface area (Å²) in [5.41, 5.74) is 14.8. The van der Waals surface area contributed by atoms with Gasteiger partial charge in [-0.15, -0.1) is 0 Å². The maximum atomic E-state index is 5.56. The highest BCUT2D eigenvalue weighted by atomic mass is 15.0. The van der Waals surface area contributed by atoms with E-state index in [0.717, 1.165) is 49.2 Å². The summed E-state index contributed by atoms with van der Waals surface area (Å²) in [5, 5.41) is 6.84. The van der Waals surface area contributed by atoms with Crippen LogP contribution in [0.1, 0.15) is 25.0 Å². The van der Waals surface area contributed by atoms with Crippen LogP contribution < -0.4 is 0 Å². The first kappa shape index (κ1) is 36.8. The summed E-state index contributed by atoms with van der Waals surface area (Å²) in [5.74, 6) is 1.93. The Morgan fingerprint density at radius 2 is 0.698 bits per heavy atom. The second kappa shape index (κ2) is 14.6. The molecule has 0 amide bonds. The highest BCUT2D eigenvalue weighted by Crippen LogP contribution is 2.52. The number of fused-ring (bicyclic) bond motifs is 7. The van der Waals surface area contributed by atoms with E-state index in [9.17, 15) is 0 Å². The number of benzene rings is 10. The molecule has 3 heteroatoms. The molecule has 0 N–H and O–H groups in total. The minimum atomic E-state index is -0.178. The predicted molar refractivity (Wildman–Crippen MR) is 263 cm³/mol. The fourth-order valence-corrected chi connectivity index (χ4v) is 10.3. The summed E-state index contributed by atoms with van der Waals surface area (Å²) < 4.78 is 0. The van der Waals surface area contributed by atoms with E-state index in [0.29, 0.717) is 17.5 Å².